The molecular weight excluding hydrogens is 358 g/mol. The number of nitrogens with zero attached hydrogens (tertiary/aromatic N) is 1. The van der Waals surface area contributed by atoms with Crippen molar-refractivity contribution < 1.29 is 14.6 Å². The zero-order valence-electron chi connectivity index (χ0n) is 13.4. The first-order valence-corrected chi connectivity index (χ1v) is 8.12. The molecule has 2 aliphatic carbocycles. The van der Waals surface area contributed by atoms with Gasteiger partial charge in [0.25, 0.3) is 0 Å². The molecule has 0 radical (unpaired) electrons. The summed E-state index contributed by atoms with van der Waals surface area (Å²) in [7, 11) is 3.90. The average molecular weight is 380 g/mol. The molecule has 2 bridgehead atoms. The third kappa shape index (κ3) is 1.68. The van der Waals surface area contributed by atoms with E-state index in [1.807, 2.05) is 6.07 Å². The number of aliphatic hydroxyl groups excluding tert-OH is 1. The summed E-state index contributed by atoms with van der Waals surface area (Å²) >= 11 is 0. The van der Waals surface area contributed by atoms with Crippen LogP contribution in [0.4, 0.5) is 0 Å². The zero-order valence-corrected chi connectivity index (χ0v) is 15.1. The Morgan fingerprint density at radius 2 is 2.22 bits per heavy atom. The molecule has 5 heteroatoms. The lowest BCUT2D eigenvalue weighted by atomic mass is 9.56. The standard InChI is InChI=1S/C18H21NO3.BrH/c1-19-8-7-18-11-4-5-13(20)17(18)22-16-14(21-2)6-3-10(15(16)18)9-12(11)19;/h3-4,6,12-13,17,20H,5,7-9H2,1-2H3;1H/t12-,13+,17+,18+;/m1./s1. The number of hydrogen-bond acceptors (Lipinski definition) is 4. The molecule has 1 aromatic carbocycles. The Balaban J connectivity index is 0.00000135. The predicted molar refractivity (Wildman–Crippen MR) is 92.9 cm³/mol. The maximum Gasteiger partial charge on any atom is 0.166 e. The maximum atomic E-state index is 10.6. The van der Waals surface area contributed by atoms with E-state index in [0.29, 0.717) is 12.5 Å². The highest BCUT2D eigenvalue weighted by Crippen LogP contribution is 2.62. The number of halogens is 1. The molecule has 5 rings (SSSR count). The summed E-state index contributed by atoms with van der Waals surface area (Å²) in [6, 6.07) is 4.65. The van der Waals surface area contributed by atoms with Gasteiger partial charge in [-0.05, 0) is 50.1 Å². The number of hydrogen-bond donors (Lipinski definition) is 1. The van der Waals surface area contributed by atoms with E-state index in [1.165, 1.54) is 16.7 Å². The summed E-state index contributed by atoms with van der Waals surface area (Å²) in [5.74, 6) is 1.67. The van der Waals surface area contributed by atoms with E-state index in [1.54, 1.807) is 7.11 Å². The summed E-state index contributed by atoms with van der Waals surface area (Å²) in [5.41, 5.74) is 4.00. The van der Waals surface area contributed by atoms with Gasteiger partial charge in [0.1, 0.15) is 6.10 Å². The minimum Gasteiger partial charge on any atom is -0.493 e. The maximum absolute atomic E-state index is 10.6. The second-order valence-electron chi connectivity index (χ2n) is 7.05. The molecule has 4 nitrogen and oxygen atoms in total. The number of aliphatic hydroxyl groups is 1. The lowest BCUT2D eigenvalue weighted by molar-refractivity contribution is -0.0124. The van der Waals surface area contributed by atoms with Crippen molar-refractivity contribution in [2.75, 3.05) is 20.7 Å². The number of benzene rings is 1. The highest BCUT2D eigenvalue weighted by molar-refractivity contribution is 8.93. The van der Waals surface area contributed by atoms with Crippen LogP contribution in [0.25, 0.3) is 0 Å². The van der Waals surface area contributed by atoms with E-state index in [9.17, 15) is 5.11 Å². The summed E-state index contributed by atoms with van der Waals surface area (Å²) < 4.78 is 11.8. The lowest BCUT2D eigenvalue weighted by Crippen LogP contribution is -2.61. The third-order valence-electron chi connectivity index (χ3n) is 6.21. The smallest absolute Gasteiger partial charge is 0.166 e. The van der Waals surface area contributed by atoms with Crippen molar-refractivity contribution >= 4 is 17.0 Å². The Bertz CT molecular complexity index is 704. The molecule has 1 spiro atoms. The van der Waals surface area contributed by atoms with E-state index < -0.39 is 6.10 Å². The van der Waals surface area contributed by atoms with E-state index in [-0.39, 0.29) is 28.5 Å². The number of likely N-dealkylation sites (N-methyl/N-ethyl adjacent to an activating group) is 1. The second kappa shape index (κ2) is 4.98. The topological polar surface area (TPSA) is 41.9 Å². The van der Waals surface area contributed by atoms with Crippen LogP contribution >= 0.6 is 17.0 Å². The van der Waals surface area contributed by atoms with Crippen molar-refractivity contribution in [1.82, 2.24) is 4.90 Å². The fourth-order valence-electron chi connectivity index (χ4n) is 5.25. The third-order valence-corrected chi connectivity index (χ3v) is 6.21. The van der Waals surface area contributed by atoms with Crippen molar-refractivity contribution in [1.29, 1.82) is 0 Å². The number of likely N-dealkylation sites (tertiary alicyclic amines) is 1. The van der Waals surface area contributed by atoms with Gasteiger partial charge in [0.15, 0.2) is 11.5 Å². The Labute approximate surface area is 146 Å². The number of methoxy groups -OCH3 is 1. The fraction of sp³-hybridized carbons (Fsp3) is 0.556. The van der Waals surface area contributed by atoms with Gasteiger partial charge in [0.05, 0.1) is 18.6 Å². The van der Waals surface area contributed by atoms with Crippen molar-refractivity contribution in [2.45, 2.75) is 42.9 Å². The van der Waals surface area contributed by atoms with Gasteiger partial charge in [-0.1, -0.05) is 12.1 Å². The SMILES string of the molecule is Br.COc1ccc2c3c1O[C@H]1[C@@H](O)CC=C4[C@@H](C2)N(C)CC[C@]431. The summed E-state index contributed by atoms with van der Waals surface area (Å²) in [4.78, 5) is 2.46. The van der Waals surface area contributed by atoms with Gasteiger partial charge < -0.3 is 14.6 Å². The summed E-state index contributed by atoms with van der Waals surface area (Å²) in [6.07, 6.45) is 4.42. The van der Waals surface area contributed by atoms with E-state index in [0.717, 1.165) is 30.9 Å². The monoisotopic (exact) mass is 379 g/mol. The van der Waals surface area contributed by atoms with Gasteiger partial charge in [-0.2, -0.15) is 0 Å². The van der Waals surface area contributed by atoms with Gasteiger partial charge >= 0.3 is 0 Å². The van der Waals surface area contributed by atoms with Crippen LogP contribution in [0.15, 0.2) is 23.8 Å². The van der Waals surface area contributed by atoms with Crippen LogP contribution in [0, 0.1) is 0 Å². The minimum atomic E-state index is -0.434. The van der Waals surface area contributed by atoms with Crippen LogP contribution in [-0.4, -0.2) is 49.0 Å². The number of piperidine rings is 1. The van der Waals surface area contributed by atoms with Gasteiger partial charge in [0.2, 0.25) is 0 Å². The largest absolute Gasteiger partial charge is 0.493 e. The Morgan fingerprint density at radius 1 is 1.39 bits per heavy atom. The molecule has 2 aliphatic heterocycles. The first-order valence-electron chi connectivity index (χ1n) is 8.12. The first kappa shape index (κ1) is 15.5. The van der Waals surface area contributed by atoms with E-state index in [4.69, 9.17) is 9.47 Å². The highest BCUT2D eigenvalue weighted by Gasteiger charge is 2.62. The van der Waals surface area contributed by atoms with Crippen LogP contribution < -0.4 is 9.47 Å². The fourth-order valence-corrected chi connectivity index (χ4v) is 5.25. The van der Waals surface area contributed by atoms with Crippen molar-refractivity contribution in [3.8, 4) is 11.5 Å². The van der Waals surface area contributed by atoms with Gasteiger partial charge in [0, 0.05) is 11.6 Å². The second-order valence-corrected chi connectivity index (χ2v) is 7.05. The molecule has 1 fully saturated rings. The van der Waals surface area contributed by atoms with Crippen molar-refractivity contribution in [3.05, 3.63) is 34.9 Å². The van der Waals surface area contributed by atoms with E-state index >= 15 is 0 Å². The molecule has 1 N–H and O–H groups in total. The van der Waals surface area contributed by atoms with Crippen LogP contribution in [-0.2, 0) is 11.8 Å². The Hall–Kier alpha value is -1.04. The summed E-state index contributed by atoms with van der Waals surface area (Å²) in [5, 5.41) is 10.6. The molecule has 0 aromatic heterocycles. The van der Waals surface area contributed by atoms with Crippen LogP contribution in [0.5, 0.6) is 11.5 Å². The first-order chi connectivity index (χ1) is 10.7. The average Bonchev–Trinajstić information content (AvgIpc) is 2.88. The molecule has 4 atom stereocenters. The summed E-state index contributed by atoms with van der Waals surface area (Å²) in [6.45, 7) is 1.05. The zero-order chi connectivity index (χ0) is 15.1. The normalized spacial score (nSPS) is 36.5. The molecule has 0 unspecified atom stereocenters. The highest BCUT2D eigenvalue weighted by atomic mass is 79.9. The molecule has 124 valence electrons. The van der Waals surface area contributed by atoms with Crippen molar-refractivity contribution in [3.63, 3.8) is 0 Å². The number of rotatable bonds is 1. The molecular formula is C18H22BrNO3. The van der Waals surface area contributed by atoms with E-state index in [2.05, 4.69) is 24.1 Å². The molecule has 23 heavy (non-hydrogen) atoms. The quantitative estimate of drug-likeness (QED) is 0.759. The van der Waals surface area contributed by atoms with Gasteiger partial charge in [-0.3, -0.25) is 4.90 Å². The van der Waals surface area contributed by atoms with Crippen LogP contribution in [0.1, 0.15) is 24.0 Å². The predicted octanol–water partition coefficient (Wildman–Crippen LogP) is 2.22. The molecule has 1 aromatic rings. The molecule has 4 aliphatic rings. The molecule has 1 saturated heterocycles. The lowest BCUT2D eigenvalue weighted by Gasteiger charge is -2.54. The van der Waals surface area contributed by atoms with Crippen molar-refractivity contribution in [2.24, 2.45) is 0 Å². The van der Waals surface area contributed by atoms with Gasteiger partial charge in [-0.15, -0.1) is 17.0 Å². The number of ether oxygens (including phenoxy) is 2. The van der Waals surface area contributed by atoms with Crippen LogP contribution in [0.3, 0.4) is 0 Å². The minimum absolute atomic E-state index is 0. The molecule has 2 heterocycles. The Morgan fingerprint density at radius 3 is 3.00 bits per heavy atom. The van der Waals surface area contributed by atoms with Gasteiger partial charge in [-0.25, -0.2) is 0 Å². The molecule has 0 saturated carbocycles. The Kier molecular flexibility index (Phi) is 3.35. The van der Waals surface area contributed by atoms with Crippen LogP contribution in [0.2, 0.25) is 0 Å². The molecule has 0 amide bonds.